The highest BCUT2D eigenvalue weighted by molar-refractivity contribution is 4.86. The monoisotopic (exact) mass is 155 g/mol. The molecule has 1 heterocycles. The van der Waals surface area contributed by atoms with Crippen LogP contribution in [0.3, 0.4) is 0 Å². The van der Waals surface area contributed by atoms with Crippen molar-refractivity contribution in [2.24, 2.45) is 0 Å². The summed E-state index contributed by atoms with van der Waals surface area (Å²) >= 11 is 0. The molecule has 1 unspecified atom stereocenters. The van der Waals surface area contributed by atoms with E-state index in [1.165, 1.54) is 6.42 Å². The summed E-state index contributed by atoms with van der Waals surface area (Å²) < 4.78 is 0. The second-order valence-corrected chi connectivity index (χ2v) is 4.19. The Morgan fingerprint density at radius 2 is 2.09 bits per heavy atom. The van der Waals surface area contributed by atoms with Gasteiger partial charge in [0.25, 0.3) is 0 Å². The van der Waals surface area contributed by atoms with E-state index in [1.54, 1.807) is 0 Å². The number of hydrogen-bond donors (Lipinski definition) is 0. The normalized spacial score (nSPS) is 33.3. The van der Waals surface area contributed by atoms with Gasteiger partial charge in [-0.1, -0.05) is 0 Å². The molecule has 2 nitrogen and oxygen atoms in total. The van der Waals surface area contributed by atoms with Gasteiger partial charge in [-0.25, -0.2) is 5.32 Å². The van der Waals surface area contributed by atoms with Gasteiger partial charge in [-0.15, -0.1) is 0 Å². The first-order valence-electron chi connectivity index (χ1n) is 4.40. The number of nitrogens with zero attached hydrogens (tertiary/aromatic N) is 2. The Hall–Kier alpha value is -0.0800. The van der Waals surface area contributed by atoms with Gasteiger partial charge in [0.15, 0.2) is 0 Å². The summed E-state index contributed by atoms with van der Waals surface area (Å²) in [4.78, 5) is 2.40. The molecule has 0 aliphatic carbocycles. The van der Waals surface area contributed by atoms with E-state index < -0.39 is 0 Å². The van der Waals surface area contributed by atoms with E-state index in [-0.39, 0.29) is 0 Å². The van der Waals surface area contributed by atoms with E-state index in [4.69, 9.17) is 0 Å². The summed E-state index contributed by atoms with van der Waals surface area (Å²) in [5.41, 5.74) is 0.333. The third-order valence-electron chi connectivity index (χ3n) is 2.70. The van der Waals surface area contributed by atoms with Gasteiger partial charge in [0.05, 0.1) is 0 Å². The smallest absolute Gasteiger partial charge is 0.0264 e. The molecule has 1 fully saturated rings. The molecule has 0 aromatic carbocycles. The number of likely N-dealkylation sites (N-methyl/N-ethyl adjacent to an activating group) is 1. The van der Waals surface area contributed by atoms with Crippen molar-refractivity contribution >= 4 is 0 Å². The van der Waals surface area contributed by atoms with Gasteiger partial charge in [-0.05, 0) is 34.2 Å². The Labute approximate surface area is 70.0 Å². The van der Waals surface area contributed by atoms with Gasteiger partial charge >= 0.3 is 0 Å². The summed E-state index contributed by atoms with van der Waals surface area (Å²) in [5.74, 6) is 0. The highest BCUT2D eigenvalue weighted by atomic mass is 15.2. The topological polar surface area (TPSA) is 17.3 Å². The van der Waals surface area contributed by atoms with Crippen molar-refractivity contribution in [3.8, 4) is 0 Å². The second-order valence-electron chi connectivity index (χ2n) is 4.19. The minimum absolute atomic E-state index is 0.333. The predicted octanol–water partition coefficient (Wildman–Crippen LogP) is 1.09. The van der Waals surface area contributed by atoms with E-state index in [2.05, 4.69) is 38.0 Å². The zero-order valence-electron chi connectivity index (χ0n) is 8.09. The first-order valence-corrected chi connectivity index (χ1v) is 4.40. The highest BCUT2D eigenvalue weighted by Crippen LogP contribution is 2.21. The van der Waals surface area contributed by atoms with E-state index in [0.29, 0.717) is 11.6 Å². The standard InChI is InChI=1S/C9H19N2/c1-8-7-9(2,3)11(4)6-5-10-8/h8H,5-7H2,1-4H3. The fourth-order valence-electron chi connectivity index (χ4n) is 1.67. The predicted molar refractivity (Wildman–Crippen MR) is 47.8 cm³/mol. The molecule has 0 aromatic rings. The van der Waals surface area contributed by atoms with Crippen molar-refractivity contribution in [2.75, 3.05) is 20.1 Å². The SMILES string of the molecule is CC1CC(C)(C)N(C)CC[N]1. The van der Waals surface area contributed by atoms with Crippen LogP contribution in [0, 0.1) is 0 Å². The molecule has 1 atom stereocenters. The lowest BCUT2D eigenvalue weighted by Crippen LogP contribution is -2.41. The van der Waals surface area contributed by atoms with Crippen LogP contribution in [0.5, 0.6) is 0 Å². The van der Waals surface area contributed by atoms with Crippen LogP contribution in [-0.2, 0) is 0 Å². The zero-order valence-corrected chi connectivity index (χ0v) is 8.09. The van der Waals surface area contributed by atoms with Crippen LogP contribution in [0.4, 0.5) is 0 Å². The average Bonchev–Trinajstić information content (AvgIpc) is 1.93. The molecule has 11 heavy (non-hydrogen) atoms. The largest absolute Gasteiger partial charge is 0.300 e. The quantitative estimate of drug-likeness (QED) is 0.512. The summed E-state index contributed by atoms with van der Waals surface area (Å²) in [7, 11) is 2.19. The maximum absolute atomic E-state index is 4.53. The Balaban J connectivity index is 2.60. The van der Waals surface area contributed by atoms with Crippen molar-refractivity contribution < 1.29 is 0 Å². The van der Waals surface area contributed by atoms with Crippen molar-refractivity contribution in [1.82, 2.24) is 10.2 Å². The van der Waals surface area contributed by atoms with Gasteiger partial charge in [-0.2, -0.15) is 0 Å². The second kappa shape index (κ2) is 3.11. The van der Waals surface area contributed by atoms with Gasteiger partial charge in [0.1, 0.15) is 0 Å². The molecule has 0 aromatic heterocycles. The molecular formula is C9H19N2. The first kappa shape index (κ1) is 9.01. The Morgan fingerprint density at radius 3 is 2.73 bits per heavy atom. The Morgan fingerprint density at radius 1 is 1.45 bits per heavy atom. The molecular weight excluding hydrogens is 136 g/mol. The molecule has 1 aliphatic heterocycles. The van der Waals surface area contributed by atoms with Crippen molar-refractivity contribution in [2.45, 2.75) is 38.8 Å². The van der Waals surface area contributed by atoms with Crippen LogP contribution in [0.15, 0.2) is 0 Å². The molecule has 1 saturated heterocycles. The molecule has 2 heteroatoms. The molecule has 65 valence electrons. The lowest BCUT2D eigenvalue weighted by atomic mass is 9.95. The summed E-state index contributed by atoms with van der Waals surface area (Å²) in [6, 6.07) is 0.537. The molecule has 0 saturated carbocycles. The molecule has 0 bridgehead atoms. The van der Waals surface area contributed by atoms with Crippen LogP contribution in [0.25, 0.3) is 0 Å². The minimum Gasteiger partial charge on any atom is -0.300 e. The lowest BCUT2D eigenvalue weighted by molar-refractivity contribution is 0.159. The van der Waals surface area contributed by atoms with Gasteiger partial charge in [0.2, 0.25) is 0 Å². The zero-order chi connectivity index (χ0) is 8.48. The van der Waals surface area contributed by atoms with Crippen LogP contribution in [0.1, 0.15) is 27.2 Å². The van der Waals surface area contributed by atoms with E-state index in [1.807, 2.05) is 0 Å². The summed E-state index contributed by atoms with van der Waals surface area (Å²) in [6.45, 7) is 8.91. The molecule has 1 aliphatic rings. The number of rotatable bonds is 0. The van der Waals surface area contributed by atoms with E-state index in [9.17, 15) is 0 Å². The third kappa shape index (κ3) is 2.17. The summed E-state index contributed by atoms with van der Waals surface area (Å²) in [5, 5.41) is 4.53. The van der Waals surface area contributed by atoms with E-state index >= 15 is 0 Å². The highest BCUT2D eigenvalue weighted by Gasteiger charge is 2.28. The summed E-state index contributed by atoms with van der Waals surface area (Å²) in [6.07, 6.45) is 1.18. The fraction of sp³-hybridized carbons (Fsp3) is 1.00. The van der Waals surface area contributed by atoms with Crippen LogP contribution in [-0.4, -0.2) is 36.6 Å². The molecule has 1 radical (unpaired) electrons. The maximum Gasteiger partial charge on any atom is 0.0264 e. The van der Waals surface area contributed by atoms with Crippen LogP contribution in [0.2, 0.25) is 0 Å². The molecule has 1 rings (SSSR count). The Bertz CT molecular complexity index is 132. The van der Waals surface area contributed by atoms with Crippen molar-refractivity contribution in [3.05, 3.63) is 0 Å². The average molecular weight is 155 g/mol. The number of hydrogen-bond acceptors (Lipinski definition) is 1. The molecule has 0 spiro atoms. The van der Waals surface area contributed by atoms with Gasteiger partial charge < -0.3 is 0 Å². The minimum atomic E-state index is 0.333. The maximum atomic E-state index is 4.53. The lowest BCUT2D eigenvalue weighted by Gasteiger charge is -2.34. The van der Waals surface area contributed by atoms with Crippen molar-refractivity contribution in [1.29, 1.82) is 0 Å². The molecule has 0 N–H and O–H groups in total. The van der Waals surface area contributed by atoms with Crippen molar-refractivity contribution in [3.63, 3.8) is 0 Å². The molecule has 0 amide bonds. The van der Waals surface area contributed by atoms with Gasteiger partial charge in [-0.3, -0.25) is 4.90 Å². The van der Waals surface area contributed by atoms with Crippen LogP contribution < -0.4 is 5.32 Å². The fourth-order valence-corrected chi connectivity index (χ4v) is 1.67. The Kier molecular flexibility index (Phi) is 2.55. The van der Waals surface area contributed by atoms with E-state index in [0.717, 1.165) is 13.1 Å². The first-order chi connectivity index (χ1) is 5.02. The third-order valence-corrected chi connectivity index (χ3v) is 2.70. The van der Waals surface area contributed by atoms with Gasteiger partial charge in [0, 0.05) is 24.7 Å². The van der Waals surface area contributed by atoms with Crippen LogP contribution >= 0.6 is 0 Å².